The highest BCUT2D eigenvalue weighted by Crippen LogP contribution is 2.29. The molecule has 0 amide bonds. The lowest BCUT2D eigenvalue weighted by Crippen LogP contribution is -2.22. The topological polar surface area (TPSA) is 79.5 Å². The molecule has 0 aliphatic rings. The van der Waals surface area contributed by atoms with Crippen LogP contribution in [0.2, 0.25) is 0 Å². The molecule has 1 atom stereocenters. The van der Waals surface area contributed by atoms with Gasteiger partial charge in [-0.25, -0.2) is 0 Å². The quantitative estimate of drug-likeness (QED) is 0.676. The average Bonchev–Trinajstić information content (AvgIpc) is 2.43. The normalized spacial score (nSPS) is 12.4. The number of aryl methyl sites for hydroxylation is 1. The van der Waals surface area contributed by atoms with E-state index in [4.69, 9.17) is 0 Å². The Morgan fingerprint density at radius 2 is 2.14 bits per heavy atom. The average molecular weight is 289 g/mol. The standard InChI is InChI=1S/C15H19N3O3/c1-10-8-15(17(3)7-6-11(2)19)13-9-12(18(20)21)4-5-14(13)16-10/h4-5,8-9,11,19H,6-7H2,1-3H3. The van der Waals surface area contributed by atoms with E-state index in [0.29, 0.717) is 13.0 Å². The van der Waals surface area contributed by atoms with E-state index in [1.165, 1.54) is 6.07 Å². The van der Waals surface area contributed by atoms with Crippen molar-refractivity contribution in [3.8, 4) is 0 Å². The minimum Gasteiger partial charge on any atom is -0.393 e. The Morgan fingerprint density at radius 1 is 1.43 bits per heavy atom. The third-order valence-corrected chi connectivity index (χ3v) is 3.40. The molecule has 112 valence electrons. The van der Waals surface area contributed by atoms with Crippen LogP contribution in [0.1, 0.15) is 19.0 Å². The largest absolute Gasteiger partial charge is 0.393 e. The van der Waals surface area contributed by atoms with E-state index in [9.17, 15) is 15.2 Å². The monoisotopic (exact) mass is 289 g/mol. The molecular weight excluding hydrogens is 270 g/mol. The van der Waals surface area contributed by atoms with E-state index in [0.717, 1.165) is 22.3 Å². The first-order valence-electron chi connectivity index (χ1n) is 6.83. The molecule has 0 bridgehead atoms. The van der Waals surface area contributed by atoms with Crippen LogP contribution < -0.4 is 4.90 Å². The third kappa shape index (κ3) is 3.46. The van der Waals surface area contributed by atoms with Gasteiger partial charge < -0.3 is 10.0 Å². The fourth-order valence-electron chi connectivity index (χ4n) is 2.25. The molecular formula is C15H19N3O3. The van der Waals surface area contributed by atoms with Gasteiger partial charge in [-0.2, -0.15) is 0 Å². The van der Waals surface area contributed by atoms with E-state index in [1.54, 1.807) is 19.1 Å². The lowest BCUT2D eigenvalue weighted by molar-refractivity contribution is -0.384. The number of anilines is 1. The first-order valence-corrected chi connectivity index (χ1v) is 6.83. The predicted octanol–water partition coefficient (Wildman–Crippen LogP) is 2.66. The maximum atomic E-state index is 10.9. The molecule has 0 spiro atoms. The Hall–Kier alpha value is -2.21. The maximum absolute atomic E-state index is 10.9. The maximum Gasteiger partial charge on any atom is 0.270 e. The highest BCUT2D eigenvalue weighted by molar-refractivity contribution is 5.93. The van der Waals surface area contributed by atoms with Crippen LogP contribution in [0.4, 0.5) is 11.4 Å². The first-order chi connectivity index (χ1) is 9.88. The van der Waals surface area contributed by atoms with Gasteiger partial charge in [-0.1, -0.05) is 0 Å². The van der Waals surface area contributed by atoms with Gasteiger partial charge in [-0.15, -0.1) is 0 Å². The van der Waals surface area contributed by atoms with E-state index in [2.05, 4.69) is 4.98 Å². The van der Waals surface area contributed by atoms with Gasteiger partial charge in [0.25, 0.3) is 5.69 Å². The molecule has 0 aliphatic heterocycles. The molecule has 6 nitrogen and oxygen atoms in total. The molecule has 0 radical (unpaired) electrons. The van der Waals surface area contributed by atoms with E-state index >= 15 is 0 Å². The second-order valence-electron chi connectivity index (χ2n) is 5.30. The molecule has 0 aliphatic carbocycles. The first kappa shape index (κ1) is 15.2. The summed E-state index contributed by atoms with van der Waals surface area (Å²) >= 11 is 0. The number of hydrogen-bond donors (Lipinski definition) is 1. The van der Waals surface area contributed by atoms with Crippen molar-refractivity contribution in [2.24, 2.45) is 0 Å². The highest BCUT2D eigenvalue weighted by atomic mass is 16.6. The van der Waals surface area contributed by atoms with Gasteiger partial charge in [-0.3, -0.25) is 15.1 Å². The SMILES string of the molecule is Cc1cc(N(C)CCC(C)O)c2cc([N+](=O)[O-])ccc2n1. The lowest BCUT2D eigenvalue weighted by atomic mass is 10.1. The fraction of sp³-hybridized carbons (Fsp3) is 0.400. The van der Waals surface area contributed by atoms with Crippen LogP contribution >= 0.6 is 0 Å². The van der Waals surface area contributed by atoms with Crippen molar-refractivity contribution in [1.82, 2.24) is 4.98 Å². The summed E-state index contributed by atoms with van der Waals surface area (Å²) in [5, 5.41) is 21.1. The zero-order valence-corrected chi connectivity index (χ0v) is 12.4. The number of nitro groups is 1. The van der Waals surface area contributed by atoms with Crippen molar-refractivity contribution in [2.75, 3.05) is 18.5 Å². The Labute approximate surface area is 123 Å². The van der Waals surface area contributed by atoms with Crippen LogP contribution in [0.25, 0.3) is 10.9 Å². The molecule has 1 aromatic carbocycles. The number of nitrogens with zero attached hydrogens (tertiary/aromatic N) is 3. The zero-order chi connectivity index (χ0) is 15.6. The van der Waals surface area contributed by atoms with Crippen molar-refractivity contribution >= 4 is 22.3 Å². The van der Waals surface area contributed by atoms with Crippen LogP contribution in [0.5, 0.6) is 0 Å². The summed E-state index contributed by atoms with van der Waals surface area (Å²) in [5.74, 6) is 0. The minimum absolute atomic E-state index is 0.0540. The molecule has 1 heterocycles. The molecule has 0 saturated carbocycles. The van der Waals surface area contributed by atoms with Gasteiger partial charge in [0, 0.05) is 42.5 Å². The summed E-state index contributed by atoms with van der Waals surface area (Å²) in [5.41, 5.74) is 2.54. The molecule has 0 saturated heterocycles. The number of aliphatic hydroxyl groups excluding tert-OH is 1. The number of fused-ring (bicyclic) bond motifs is 1. The summed E-state index contributed by atoms with van der Waals surface area (Å²) in [7, 11) is 1.91. The molecule has 2 aromatic rings. The van der Waals surface area contributed by atoms with Gasteiger partial charge in [0.1, 0.15) is 0 Å². The van der Waals surface area contributed by atoms with Crippen LogP contribution in [-0.4, -0.2) is 34.7 Å². The Bertz CT molecular complexity index is 671. The van der Waals surface area contributed by atoms with Gasteiger partial charge in [0.05, 0.1) is 16.5 Å². The summed E-state index contributed by atoms with van der Waals surface area (Å²) in [4.78, 5) is 17.0. The summed E-state index contributed by atoms with van der Waals surface area (Å²) in [6, 6.07) is 6.60. The fourth-order valence-corrected chi connectivity index (χ4v) is 2.25. The van der Waals surface area contributed by atoms with Gasteiger partial charge in [0.15, 0.2) is 0 Å². The number of non-ortho nitro benzene ring substituents is 1. The smallest absolute Gasteiger partial charge is 0.270 e. The number of rotatable bonds is 5. The van der Waals surface area contributed by atoms with Crippen LogP contribution in [0.3, 0.4) is 0 Å². The molecule has 1 N–H and O–H groups in total. The summed E-state index contributed by atoms with van der Waals surface area (Å²) in [6.07, 6.45) is 0.255. The van der Waals surface area contributed by atoms with Crippen molar-refractivity contribution in [2.45, 2.75) is 26.4 Å². The zero-order valence-electron chi connectivity index (χ0n) is 12.4. The number of aromatic nitrogens is 1. The predicted molar refractivity (Wildman–Crippen MR) is 82.7 cm³/mol. The van der Waals surface area contributed by atoms with E-state index < -0.39 is 4.92 Å². The third-order valence-electron chi connectivity index (χ3n) is 3.40. The number of nitro benzene ring substituents is 1. The summed E-state index contributed by atoms with van der Waals surface area (Å²) in [6.45, 7) is 4.31. The molecule has 1 unspecified atom stereocenters. The van der Waals surface area contributed by atoms with Gasteiger partial charge in [0.2, 0.25) is 0 Å². The van der Waals surface area contributed by atoms with Crippen LogP contribution in [-0.2, 0) is 0 Å². The van der Waals surface area contributed by atoms with E-state index in [1.807, 2.05) is 24.9 Å². The summed E-state index contributed by atoms with van der Waals surface area (Å²) < 4.78 is 0. The molecule has 2 rings (SSSR count). The van der Waals surface area contributed by atoms with Crippen LogP contribution in [0, 0.1) is 17.0 Å². The number of pyridine rings is 1. The highest BCUT2D eigenvalue weighted by Gasteiger charge is 2.13. The van der Waals surface area contributed by atoms with Gasteiger partial charge >= 0.3 is 0 Å². The Balaban J connectivity index is 2.49. The second-order valence-corrected chi connectivity index (χ2v) is 5.30. The van der Waals surface area contributed by atoms with Crippen molar-refractivity contribution < 1.29 is 10.0 Å². The number of aliphatic hydroxyl groups is 1. The van der Waals surface area contributed by atoms with Crippen molar-refractivity contribution in [1.29, 1.82) is 0 Å². The van der Waals surface area contributed by atoms with Gasteiger partial charge in [-0.05, 0) is 32.4 Å². The Kier molecular flexibility index (Phi) is 4.37. The second kappa shape index (κ2) is 6.05. The van der Waals surface area contributed by atoms with Crippen molar-refractivity contribution in [3.63, 3.8) is 0 Å². The Morgan fingerprint density at radius 3 is 2.76 bits per heavy atom. The lowest BCUT2D eigenvalue weighted by Gasteiger charge is -2.22. The number of hydrogen-bond acceptors (Lipinski definition) is 5. The van der Waals surface area contributed by atoms with Crippen LogP contribution in [0.15, 0.2) is 24.3 Å². The van der Waals surface area contributed by atoms with Crippen molar-refractivity contribution in [3.05, 3.63) is 40.1 Å². The molecule has 1 aromatic heterocycles. The molecule has 0 fully saturated rings. The minimum atomic E-state index is -0.404. The van der Waals surface area contributed by atoms with E-state index in [-0.39, 0.29) is 11.8 Å². The molecule has 6 heteroatoms. The number of benzene rings is 1. The molecule has 21 heavy (non-hydrogen) atoms.